The molecule has 0 fully saturated rings. The summed E-state index contributed by atoms with van der Waals surface area (Å²) in [6.45, 7) is 1.71. The molecule has 3 rings (SSSR count). The van der Waals surface area contributed by atoms with Crippen molar-refractivity contribution >= 4 is 32.4 Å². The summed E-state index contributed by atoms with van der Waals surface area (Å²) in [6, 6.07) is 31.7. The van der Waals surface area contributed by atoms with Crippen LogP contribution in [-0.2, 0) is 4.79 Å². The van der Waals surface area contributed by atoms with Gasteiger partial charge in [-0.25, -0.2) is 0 Å². The molecule has 0 atom stereocenters. The van der Waals surface area contributed by atoms with Gasteiger partial charge in [-0.2, -0.15) is 0 Å². The maximum absolute atomic E-state index is 12.2. The zero-order chi connectivity index (χ0) is 16.1. The number of carbonyl (C=O) groups is 1. The van der Waals surface area contributed by atoms with Gasteiger partial charge in [-0.05, 0) is 0 Å². The van der Waals surface area contributed by atoms with Crippen LogP contribution in [0.15, 0.2) is 91.0 Å². The summed E-state index contributed by atoms with van der Waals surface area (Å²) in [5, 5.41) is 0.621. The van der Waals surface area contributed by atoms with Crippen molar-refractivity contribution < 1.29 is 21.8 Å². The molecule has 1 nitrogen and oxygen atoms in total. The maximum Gasteiger partial charge on any atom is -1.00 e. The molecule has 0 radical (unpaired) electrons. The molecule has 0 aliphatic rings. The van der Waals surface area contributed by atoms with Crippen molar-refractivity contribution in [3.63, 3.8) is 0 Å². The molecule has 0 aliphatic carbocycles. The number of hydrogen-bond acceptors (Lipinski definition) is 1. The minimum absolute atomic E-state index is 0. The molecule has 0 aromatic heterocycles. The van der Waals surface area contributed by atoms with Gasteiger partial charge in [0, 0.05) is 0 Å². The van der Waals surface area contributed by atoms with Crippen molar-refractivity contribution in [1.29, 1.82) is 0 Å². The van der Waals surface area contributed by atoms with Gasteiger partial charge >= 0.3 is 140 Å². The van der Waals surface area contributed by atoms with E-state index in [0.717, 1.165) is 0 Å². The van der Waals surface area contributed by atoms with Gasteiger partial charge in [0.25, 0.3) is 0 Å². The molecule has 3 heteroatoms. The van der Waals surface area contributed by atoms with E-state index in [4.69, 9.17) is 0 Å². The van der Waals surface area contributed by atoms with E-state index in [9.17, 15) is 4.79 Å². The fraction of sp³-hybridized carbons (Fsp3) is 0.0952. The maximum atomic E-state index is 12.2. The molecule has 0 aliphatic heterocycles. The predicted molar refractivity (Wildman–Crippen MR) is 99.5 cm³/mol. The van der Waals surface area contributed by atoms with E-state index in [-0.39, 0.29) is 22.8 Å². The molecular formula is C21H20AsBrO. The topological polar surface area (TPSA) is 17.1 Å². The van der Waals surface area contributed by atoms with Crippen molar-refractivity contribution in [2.24, 2.45) is 0 Å². The molecule has 0 saturated carbocycles. The Hall–Kier alpha value is -1.63. The third-order valence-corrected chi connectivity index (χ3v) is 13.4. The van der Waals surface area contributed by atoms with Crippen molar-refractivity contribution in [3.8, 4) is 0 Å². The van der Waals surface area contributed by atoms with Crippen LogP contribution in [0, 0.1) is 0 Å². The van der Waals surface area contributed by atoms with Crippen LogP contribution >= 0.6 is 0 Å². The first-order valence-electron chi connectivity index (χ1n) is 7.78. The molecule has 122 valence electrons. The minimum Gasteiger partial charge on any atom is -1.00 e. The molecule has 0 bridgehead atoms. The van der Waals surface area contributed by atoms with Crippen LogP contribution in [0.1, 0.15) is 6.92 Å². The molecule has 3 aromatic rings. The second-order valence-electron chi connectivity index (χ2n) is 5.68. The number of ketones is 1. The number of hydrogen-bond donors (Lipinski definition) is 0. The average Bonchev–Trinajstić information content (AvgIpc) is 2.62. The minimum atomic E-state index is -2.78. The van der Waals surface area contributed by atoms with Gasteiger partial charge in [0.1, 0.15) is 0 Å². The summed E-state index contributed by atoms with van der Waals surface area (Å²) in [5.41, 5.74) is 0. The Bertz CT molecular complexity index is 676. The standard InChI is InChI=1S/C21H20AsO.BrH/c1-18(23)17-22(19-11-5-2-6-12-19,20-13-7-3-8-14-20)21-15-9-4-10-16-21;/h2-16H,17H2,1H3;1H/q+1;/p-1. The third kappa shape index (κ3) is 3.71. The van der Waals surface area contributed by atoms with Crippen molar-refractivity contribution in [2.45, 2.75) is 12.1 Å². The van der Waals surface area contributed by atoms with Gasteiger partial charge in [0.15, 0.2) is 0 Å². The molecule has 0 saturated heterocycles. The molecule has 24 heavy (non-hydrogen) atoms. The van der Waals surface area contributed by atoms with Crippen LogP contribution in [0.25, 0.3) is 0 Å². The largest absolute Gasteiger partial charge is 1.00 e. The number of Topliss-reactive ketones (excluding diaryl/α,β-unsaturated/α-hetero) is 1. The summed E-state index contributed by atoms with van der Waals surface area (Å²) in [5.74, 6) is 0.258. The van der Waals surface area contributed by atoms with Crippen LogP contribution in [0.4, 0.5) is 0 Å². The Labute approximate surface area is 157 Å². The van der Waals surface area contributed by atoms with Crippen LogP contribution in [-0.4, -0.2) is 19.3 Å². The van der Waals surface area contributed by atoms with Crippen molar-refractivity contribution in [2.75, 3.05) is 0 Å². The van der Waals surface area contributed by atoms with Crippen LogP contribution in [0.2, 0.25) is 5.21 Å². The SMILES string of the molecule is CC(=O)C[As+](c1ccccc1)(c1ccccc1)c1ccccc1.[Br-]. The van der Waals surface area contributed by atoms with Crippen LogP contribution in [0.3, 0.4) is 0 Å². The number of benzene rings is 3. The molecule has 3 aromatic carbocycles. The quantitative estimate of drug-likeness (QED) is 0.498. The van der Waals surface area contributed by atoms with E-state index in [1.807, 2.05) is 18.2 Å². The first-order valence-corrected chi connectivity index (χ1v) is 11.9. The van der Waals surface area contributed by atoms with E-state index in [2.05, 4.69) is 72.8 Å². The summed E-state index contributed by atoms with van der Waals surface area (Å²) in [6.07, 6.45) is 0. The predicted octanol–water partition coefficient (Wildman–Crippen LogP) is -0.250. The first-order chi connectivity index (χ1) is 11.2. The molecule has 0 spiro atoms. The Morgan fingerprint density at radius 2 is 0.958 bits per heavy atom. The van der Waals surface area contributed by atoms with E-state index in [1.165, 1.54) is 13.1 Å². The summed E-state index contributed by atoms with van der Waals surface area (Å²) < 4.78 is 3.95. The van der Waals surface area contributed by atoms with Crippen LogP contribution < -0.4 is 30.0 Å². The van der Waals surface area contributed by atoms with E-state index >= 15 is 0 Å². The number of halogens is 1. The molecular weight excluding hydrogens is 423 g/mol. The zero-order valence-corrected chi connectivity index (χ0v) is 17.1. The van der Waals surface area contributed by atoms with Crippen molar-refractivity contribution in [1.82, 2.24) is 0 Å². The fourth-order valence-electron chi connectivity index (χ4n) is 3.10. The normalized spacial score (nSPS) is 10.7. The van der Waals surface area contributed by atoms with Gasteiger partial charge in [-0.15, -0.1) is 0 Å². The van der Waals surface area contributed by atoms with Gasteiger partial charge in [-0.3, -0.25) is 0 Å². The van der Waals surface area contributed by atoms with Crippen molar-refractivity contribution in [3.05, 3.63) is 91.0 Å². The van der Waals surface area contributed by atoms with E-state index in [0.29, 0.717) is 5.21 Å². The summed E-state index contributed by atoms with van der Waals surface area (Å²) in [7, 11) is 0. The molecule has 0 unspecified atom stereocenters. The Balaban J connectivity index is 0.00000208. The second kappa shape index (κ2) is 8.46. The van der Waals surface area contributed by atoms with E-state index < -0.39 is 13.6 Å². The Kier molecular flexibility index (Phi) is 6.59. The fourth-order valence-corrected chi connectivity index (χ4v) is 11.8. The van der Waals surface area contributed by atoms with Crippen LogP contribution in [0.5, 0.6) is 0 Å². The zero-order valence-electron chi connectivity index (χ0n) is 13.6. The van der Waals surface area contributed by atoms with Gasteiger partial charge in [-0.1, -0.05) is 0 Å². The van der Waals surface area contributed by atoms with Gasteiger partial charge in [0.2, 0.25) is 0 Å². The molecule has 0 amide bonds. The monoisotopic (exact) mass is 442 g/mol. The third-order valence-electron chi connectivity index (χ3n) is 4.05. The number of rotatable bonds is 5. The average molecular weight is 443 g/mol. The smallest absolute Gasteiger partial charge is 1.00 e. The Morgan fingerprint density at radius 1 is 0.667 bits per heavy atom. The van der Waals surface area contributed by atoms with Gasteiger partial charge < -0.3 is 17.0 Å². The molecule has 0 heterocycles. The summed E-state index contributed by atoms with van der Waals surface area (Å²) in [4.78, 5) is 12.2. The number of carbonyl (C=O) groups excluding carboxylic acids is 1. The second-order valence-corrected chi connectivity index (χ2v) is 13.0. The first kappa shape index (κ1) is 18.7. The summed E-state index contributed by atoms with van der Waals surface area (Å²) >= 11 is -2.78. The van der Waals surface area contributed by atoms with E-state index in [1.54, 1.807) is 6.92 Å². The Morgan fingerprint density at radius 3 is 1.21 bits per heavy atom. The van der Waals surface area contributed by atoms with Gasteiger partial charge in [0.05, 0.1) is 0 Å². The molecule has 0 N–H and O–H groups in total.